The molecule has 3 saturated carbocycles. The minimum atomic E-state index is -1.58. The lowest BCUT2D eigenvalue weighted by Gasteiger charge is -2.31. The minimum Gasteiger partial charge on any atom is -0.481 e. The molecule has 0 spiro atoms. The molecule has 516 valence electrons. The van der Waals surface area contributed by atoms with Gasteiger partial charge in [-0.05, 0) is 256 Å². The molecule has 15 atom stereocenters. The highest BCUT2D eigenvalue weighted by Crippen LogP contribution is 2.47. The van der Waals surface area contributed by atoms with Gasteiger partial charge >= 0.3 is 17.9 Å². The number of rotatable bonds is 40. The van der Waals surface area contributed by atoms with E-state index in [1.807, 2.05) is 30.4 Å². The lowest BCUT2D eigenvalue weighted by atomic mass is 9.81. The number of hydrogen-bond acceptors (Lipinski definition) is 8. The summed E-state index contributed by atoms with van der Waals surface area (Å²) in [5, 5.41) is 57.2. The molecule has 92 heavy (non-hydrogen) atoms. The summed E-state index contributed by atoms with van der Waals surface area (Å²) < 4.78 is 13.4. The van der Waals surface area contributed by atoms with Crippen LogP contribution in [-0.2, 0) is 42.5 Å². The fourth-order valence-corrected chi connectivity index (χ4v) is 17.0. The van der Waals surface area contributed by atoms with Crippen molar-refractivity contribution in [1.82, 2.24) is 0 Å². The highest BCUT2D eigenvalue weighted by molar-refractivity contribution is 6.70. The van der Waals surface area contributed by atoms with Crippen molar-refractivity contribution in [1.29, 1.82) is 0 Å². The van der Waals surface area contributed by atoms with E-state index in [1.165, 1.54) is 80.9 Å². The molecule has 6 N–H and O–H groups in total. The molecule has 0 bridgehead atoms. The van der Waals surface area contributed by atoms with E-state index in [4.69, 9.17) is 24.2 Å². The molecule has 6 rings (SSSR count). The maximum atomic E-state index is 10.7. The van der Waals surface area contributed by atoms with Crippen LogP contribution in [0.4, 0.5) is 0 Å². The fraction of sp³-hybridized carbons (Fsp3) is 0.658. The first kappa shape index (κ1) is 80.0. The van der Waals surface area contributed by atoms with Gasteiger partial charge in [0, 0.05) is 31.5 Å². The maximum Gasteiger partial charge on any atom is 0.303 e. The topological polar surface area (TPSA) is 191 Å². The van der Waals surface area contributed by atoms with Gasteiger partial charge in [-0.3, -0.25) is 14.4 Å². The van der Waals surface area contributed by atoms with Crippen LogP contribution in [0.15, 0.2) is 127 Å². The van der Waals surface area contributed by atoms with Gasteiger partial charge in [-0.1, -0.05) is 168 Å². The average Bonchev–Trinajstić information content (AvgIpc) is 1.78. The van der Waals surface area contributed by atoms with Crippen molar-refractivity contribution in [3.8, 4) is 0 Å². The predicted octanol–water partition coefficient (Wildman–Crippen LogP) is 18.8. The molecule has 11 nitrogen and oxygen atoms in total. The van der Waals surface area contributed by atoms with Crippen LogP contribution in [0.2, 0.25) is 39.3 Å². The van der Waals surface area contributed by atoms with E-state index >= 15 is 0 Å². The van der Waals surface area contributed by atoms with Crippen LogP contribution in [0.1, 0.15) is 198 Å². The first-order valence-electron chi connectivity index (χ1n) is 35.9. The summed E-state index contributed by atoms with van der Waals surface area (Å²) in [6, 6.07) is 31.8. The highest BCUT2D eigenvalue weighted by atomic mass is 28.4. The third kappa shape index (κ3) is 33.8. The number of carbonyl (C=O) groups is 3. The van der Waals surface area contributed by atoms with Crippen LogP contribution in [0, 0.1) is 59.2 Å². The summed E-state index contributed by atoms with van der Waals surface area (Å²) in [6.45, 7) is 23.5. The molecule has 0 unspecified atom stereocenters. The van der Waals surface area contributed by atoms with Crippen molar-refractivity contribution < 1.29 is 53.9 Å². The van der Waals surface area contributed by atoms with E-state index in [9.17, 15) is 29.7 Å². The number of unbranched alkanes of at least 4 members (excludes halogenated alkanes) is 3. The molecule has 3 aliphatic rings. The number of aryl methyl sites for hydroxylation is 3. The molecule has 0 amide bonds. The number of hydrogen-bond donors (Lipinski definition) is 6. The molecular formula is C79H126O11Si2. The molecule has 0 radical (unpaired) electrons. The Balaban J connectivity index is 0.000000295. The Kier molecular flexibility index (Phi) is 37.9. The van der Waals surface area contributed by atoms with E-state index in [0.717, 1.165) is 62.7 Å². The van der Waals surface area contributed by atoms with Gasteiger partial charge in [-0.15, -0.1) is 0 Å². The van der Waals surface area contributed by atoms with Crippen LogP contribution in [0.5, 0.6) is 0 Å². The maximum absolute atomic E-state index is 10.7. The second-order valence-corrected chi connectivity index (χ2v) is 38.9. The van der Waals surface area contributed by atoms with Gasteiger partial charge < -0.3 is 39.5 Å². The largest absolute Gasteiger partial charge is 0.481 e. The quantitative estimate of drug-likeness (QED) is 0.0180. The minimum absolute atomic E-state index is 0.00736. The second-order valence-electron chi connectivity index (χ2n) is 30.0. The molecule has 0 saturated heterocycles. The molecule has 3 aromatic rings. The van der Waals surface area contributed by atoms with E-state index < -0.39 is 52.9 Å². The Hall–Kier alpha value is -4.48. The van der Waals surface area contributed by atoms with Gasteiger partial charge in [0.15, 0.2) is 16.6 Å². The van der Waals surface area contributed by atoms with Crippen molar-refractivity contribution >= 4 is 34.5 Å². The average molecular weight is 1310 g/mol. The number of aliphatic carboxylic acids is 3. The first-order chi connectivity index (χ1) is 43.8. The zero-order valence-corrected chi connectivity index (χ0v) is 60.6. The lowest BCUT2D eigenvalue weighted by molar-refractivity contribution is -0.138. The van der Waals surface area contributed by atoms with Crippen LogP contribution in [0.25, 0.3) is 0 Å². The van der Waals surface area contributed by atoms with Crippen LogP contribution in [0.3, 0.4) is 0 Å². The van der Waals surface area contributed by atoms with Crippen molar-refractivity contribution in [2.45, 2.75) is 271 Å². The van der Waals surface area contributed by atoms with Crippen molar-refractivity contribution in [2.75, 3.05) is 0 Å². The molecule has 0 heterocycles. The van der Waals surface area contributed by atoms with Crippen LogP contribution in [-0.4, -0.2) is 95.7 Å². The fourth-order valence-electron chi connectivity index (χ4n) is 14.6. The first-order valence-corrected chi connectivity index (χ1v) is 42.7. The third-order valence-electron chi connectivity index (χ3n) is 19.7. The molecule has 3 aromatic carbocycles. The Morgan fingerprint density at radius 3 is 1.21 bits per heavy atom. The zero-order valence-electron chi connectivity index (χ0n) is 58.6. The van der Waals surface area contributed by atoms with E-state index in [1.54, 1.807) is 0 Å². The number of aliphatic hydroxyl groups is 3. The van der Waals surface area contributed by atoms with E-state index in [0.29, 0.717) is 86.7 Å². The summed E-state index contributed by atoms with van der Waals surface area (Å²) in [7, 11) is -3.15. The van der Waals surface area contributed by atoms with Gasteiger partial charge in [0.05, 0.1) is 18.3 Å². The van der Waals surface area contributed by atoms with Crippen molar-refractivity contribution in [3.63, 3.8) is 0 Å². The Bertz CT molecular complexity index is 2550. The standard InChI is InChI=1S/2C28H46O3Si.C23H34O5/c1-22(17-19-24-13-9-8-10-14-24)18-20-25-23(2)21-27(31-32(3,4)5)26(25)15-11-6-7-12-16-28(29)30;1-22(17-19-24-13-9-8-10-14-24)18-20-26-25(15-11-6-7-12-16-28(29)30)23(2)21-27(26)31-32(3,4)5;24-18(13-12-17-8-4-3-5-9-17)14-15-20-19(21(25)16-22(20)26)10-6-1-2-7-11-23(27)28/h2*6,8-11,13-14,22-23,25-27H,7,12,15-21H2,1-5H3,(H,29,30);1,3-6,8-9,18-22,24-26H,2,7,10-16H2,(H,27,28)/b2*11-6-;6-1-/t22-,23+,25-,26+,27-;22-,23-,25-,26+,27+;18-,19+,20+,21-,22+/m000/s1. The number of benzene rings is 3. The summed E-state index contributed by atoms with van der Waals surface area (Å²) in [4.78, 5) is 31.9. The smallest absolute Gasteiger partial charge is 0.303 e. The Morgan fingerprint density at radius 2 is 0.793 bits per heavy atom. The SMILES string of the molecule is C[C@@H](CCc1ccccc1)CC[C@@H]1[C@@H](C/C=C\CCCC(=O)O)[C@@H](C)C[C@H]1O[Si](C)(C)C.C[C@@H](CCc1ccccc1)CC[C@@H]1[C@@H](C/C=C\CCCC(=O)O)[C@@H](O[Si](C)(C)C)C[C@H]1C.O=C(O)CCC/C=C\C[C@@H]1[C@@H](CC[C@@H](O)CCc2ccccc2)[C@H](O)C[C@@H]1O. The van der Waals surface area contributed by atoms with Gasteiger partial charge in [0.25, 0.3) is 0 Å². The molecule has 3 aliphatic carbocycles. The molecule has 3 fully saturated rings. The van der Waals surface area contributed by atoms with Gasteiger partial charge in [0.2, 0.25) is 0 Å². The third-order valence-corrected chi connectivity index (χ3v) is 21.8. The Labute approximate surface area is 559 Å². The molecule has 13 heteroatoms. The van der Waals surface area contributed by atoms with Gasteiger partial charge in [0.1, 0.15) is 0 Å². The summed E-state index contributed by atoms with van der Waals surface area (Å²) in [5.74, 6) is 3.29. The van der Waals surface area contributed by atoms with Gasteiger partial charge in [-0.2, -0.15) is 0 Å². The number of carboxylic acids is 3. The summed E-state index contributed by atoms with van der Waals surface area (Å²) in [5.41, 5.74) is 4.10. The van der Waals surface area contributed by atoms with Gasteiger partial charge in [-0.25, -0.2) is 0 Å². The van der Waals surface area contributed by atoms with Crippen molar-refractivity contribution in [2.24, 2.45) is 59.2 Å². The van der Waals surface area contributed by atoms with Crippen LogP contribution < -0.4 is 0 Å². The number of carboxylic acid groups (broad SMARTS) is 3. The monoisotopic (exact) mass is 1310 g/mol. The highest BCUT2D eigenvalue weighted by Gasteiger charge is 2.44. The molecular weight excluding hydrogens is 1180 g/mol. The molecule has 0 aliphatic heterocycles. The normalized spacial score (nSPS) is 25.1. The molecule has 0 aromatic heterocycles. The predicted molar refractivity (Wildman–Crippen MR) is 384 cm³/mol. The van der Waals surface area contributed by atoms with Crippen molar-refractivity contribution in [3.05, 3.63) is 144 Å². The van der Waals surface area contributed by atoms with E-state index in [2.05, 4.69) is 164 Å². The number of aliphatic hydroxyl groups excluding tert-OH is 3. The lowest BCUT2D eigenvalue weighted by Crippen LogP contribution is -2.35. The summed E-state index contributed by atoms with van der Waals surface area (Å²) >= 11 is 0. The summed E-state index contributed by atoms with van der Waals surface area (Å²) in [6.07, 6.45) is 35.9. The van der Waals surface area contributed by atoms with Crippen LogP contribution >= 0.6 is 0 Å². The Morgan fingerprint density at radius 1 is 0.446 bits per heavy atom. The number of allylic oxidation sites excluding steroid dienone is 6. The van der Waals surface area contributed by atoms with E-state index in [-0.39, 0.29) is 31.1 Å². The zero-order chi connectivity index (χ0) is 67.5. The second kappa shape index (κ2) is 43.6.